The van der Waals surface area contributed by atoms with Gasteiger partial charge in [-0.05, 0) is 45.8 Å². The molecule has 0 spiro atoms. The SMILES string of the molecule is Nc1ccc(Br)c(NC(=O)Cc2ccccc2F)c1. The third-order valence-electron chi connectivity index (χ3n) is 2.57. The molecule has 0 saturated heterocycles. The quantitative estimate of drug-likeness (QED) is 0.851. The molecule has 0 fully saturated rings. The van der Waals surface area contributed by atoms with Crippen LogP contribution in [0.5, 0.6) is 0 Å². The predicted octanol–water partition coefficient (Wildman–Crippen LogP) is 3.35. The van der Waals surface area contributed by atoms with Crippen molar-refractivity contribution in [3.05, 3.63) is 58.3 Å². The van der Waals surface area contributed by atoms with Crippen LogP contribution in [-0.2, 0) is 11.2 Å². The molecule has 2 rings (SSSR count). The fourth-order valence-electron chi connectivity index (χ4n) is 1.65. The van der Waals surface area contributed by atoms with Crippen LogP contribution in [0.25, 0.3) is 0 Å². The Bertz CT molecular complexity index is 616. The summed E-state index contributed by atoms with van der Waals surface area (Å²) in [5.74, 6) is -0.680. The number of hydrogen-bond donors (Lipinski definition) is 2. The van der Waals surface area contributed by atoms with Crippen LogP contribution in [0.3, 0.4) is 0 Å². The Hall–Kier alpha value is -1.88. The molecule has 0 bridgehead atoms. The summed E-state index contributed by atoms with van der Waals surface area (Å²) in [6.45, 7) is 0. The summed E-state index contributed by atoms with van der Waals surface area (Å²) in [4.78, 5) is 11.9. The molecule has 0 aliphatic rings. The largest absolute Gasteiger partial charge is 0.399 e. The van der Waals surface area contributed by atoms with Gasteiger partial charge in [-0.15, -0.1) is 0 Å². The second-order valence-corrected chi connectivity index (χ2v) is 4.91. The second kappa shape index (κ2) is 5.84. The molecular formula is C14H12BrFN2O. The van der Waals surface area contributed by atoms with E-state index in [1.165, 1.54) is 6.07 Å². The molecule has 0 unspecified atom stereocenters. The highest BCUT2D eigenvalue weighted by Crippen LogP contribution is 2.24. The van der Waals surface area contributed by atoms with Crippen molar-refractivity contribution in [1.82, 2.24) is 0 Å². The van der Waals surface area contributed by atoms with E-state index in [4.69, 9.17) is 5.73 Å². The maximum atomic E-state index is 13.4. The molecule has 2 aromatic rings. The molecular weight excluding hydrogens is 311 g/mol. The van der Waals surface area contributed by atoms with E-state index >= 15 is 0 Å². The number of halogens is 2. The van der Waals surface area contributed by atoms with Crippen molar-refractivity contribution in [2.75, 3.05) is 11.1 Å². The second-order valence-electron chi connectivity index (χ2n) is 4.06. The van der Waals surface area contributed by atoms with Crippen molar-refractivity contribution in [2.45, 2.75) is 6.42 Å². The molecule has 5 heteroatoms. The minimum absolute atomic E-state index is 0.0199. The number of nitrogens with one attached hydrogen (secondary N) is 1. The summed E-state index contributed by atoms with van der Waals surface area (Å²) < 4.78 is 14.1. The normalized spacial score (nSPS) is 10.2. The lowest BCUT2D eigenvalue weighted by molar-refractivity contribution is -0.115. The van der Waals surface area contributed by atoms with E-state index in [9.17, 15) is 9.18 Å². The molecule has 0 aromatic heterocycles. The van der Waals surface area contributed by atoms with E-state index in [1.54, 1.807) is 36.4 Å². The van der Waals surface area contributed by atoms with Crippen LogP contribution < -0.4 is 11.1 Å². The Kier molecular flexibility index (Phi) is 4.16. The number of benzene rings is 2. The number of hydrogen-bond acceptors (Lipinski definition) is 2. The third kappa shape index (κ3) is 3.54. The molecule has 3 nitrogen and oxygen atoms in total. The topological polar surface area (TPSA) is 55.1 Å². The van der Waals surface area contributed by atoms with Crippen molar-refractivity contribution in [1.29, 1.82) is 0 Å². The summed E-state index contributed by atoms with van der Waals surface area (Å²) in [7, 11) is 0. The molecule has 2 aromatic carbocycles. The molecule has 0 heterocycles. The Morgan fingerprint density at radius 1 is 1.26 bits per heavy atom. The first kappa shape index (κ1) is 13.5. The summed E-state index contributed by atoms with van der Waals surface area (Å²) in [6, 6.07) is 11.3. The summed E-state index contributed by atoms with van der Waals surface area (Å²) in [6.07, 6.45) is -0.0199. The molecule has 0 saturated carbocycles. The van der Waals surface area contributed by atoms with Gasteiger partial charge in [-0.3, -0.25) is 4.79 Å². The van der Waals surface area contributed by atoms with Gasteiger partial charge in [-0.2, -0.15) is 0 Å². The van der Waals surface area contributed by atoms with Gasteiger partial charge in [0.15, 0.2) is 0 Å². The van der Waals surface area contributed by atoms with Crippen LogP contribution in [0.4, 0.5) is 15.8 Å². The lowest BCUT2D eigenvalue weighted by Gasteiger charge is -2.08. The van der Waals surface area contributed by atoms with E-state index in [0.29, 0.717) is 16.9 Å². The number of nitrogen functional groups attached to an aromatic ring is 1. The molecule has 0 aliphatic heterocycles. The van der Waals surface area contributed by atoms with E-state index in [1.807, 2.05) is 0 Å². The minimum atomic E-state index is -0.385. The maximum Gasteiger partial charge on any atom is 0.228 e. The van der Waals surface area contributed by atoms with Crippen molar-refractivity contribution in [2.24, 2.45) is 0 Å². The van der Waals surface area contributed by atoms with E-state index in [-0.39, 0.29) is 18.1 Å². The minimum Gasteiger partial charge on any atom is -0.399 e. The molecule has 19 heavy (non-hydrogen) atoms. The summed E-state index contributed by atoms with van der Waals surface area (Å²) >= 11 is 3.31. The number of nitrogens with two attached hydrogens (primary N) is 1. The zero-order valence-electron chi connectivity index (χ0n) is 9.99. The number of rotatable bonds is 3. The molecule has 3 N–H and O–H groups in total. The van der Waals surface area contributed by atoms with Crippen LogP contribution in [0.2, 0.25) is 0 Å². The van der Waals surface area contributed by atoms with Crippen LogP contribution in [0.1, 0.15) is 5.56 Å². The van der Waals surface area contributed by atoms with Gasteiger partial charge in [0, 0.05) is 10.2 Å². The van der Waals surface area contributed by atoms with Gasteiger partial charge in [-0.25, -0.2) is 4.39 Å². The standard InChI is InChI=1S/C14H12BrFN2O/c15-11-6-5-10(17)8-13(11)18-14(19)7-9-3-1-2-4-12(9)16/h1-6,8H,7,17H2,(H,18,19). The zero-order chi connectivity index (χ0) is 13.8. The summed E-state index contributed by atoms with van der Waals surface area (Å²) in [5, 5.41) is 2.69. The highest BCUT2D eigenvalue weighted by molar-refractivity contribution is 9.10. The summed E-state index contributed by atoms with van der Waals surface area (Å²) in [5.41, 5.74) is 7.13. The Labute approximate surface area is 118 Å². The van der Waals surface area contributed by atoms with Crippen LogP contribution >= 0.6 is 15.9 Å². The number of amides is 1. The van der Waals surface area contributed by atoms with Crippen LogP contribution in [0.15, 0.2) is 46.9 Å². The monoisotopic (exact) mass is 322 g/mol. The van der Waals surface area contributed by atoms with E-state index in [0.717, 1.165) is 4.47 Å². The van der Waals surface area contributed by atoms with Gasteiger partial charge in [0.2, 0.25) is 5.91 Å². The molecule has 0 radical (unpaired) electrons. The molecule has 0 aliphatic carbocycles. The first-order valence-electron chi connectivity index (χ1n) is 5.64. The van der Waals surface area contributed by atoms with Crippen molar-refractivity contribution in [3.8, 4) is 0 Å². The van der Waals surface area contributed by atoms with Crippen molar-refractivity contribution < 1.29 is 9.18 Å². The van der Waals surface area contributed by atoms with Crippen LogP contribution in [0, 0.1) is 5.82 Å². The first-order valence-corrected chi connectivity index (χ1v) is 6.44. The average molecular weight is 323 g/mol. The smallest absolute Gasteiger partial charge is 0.228 e. The molecule has 1 amide bonds. The van der Waals surface area contributed by atoms with Gasteiger partial charge in [0.1, 0.15) is 5.82 Å². The van der Waals surface area contributed by atoms with Gasteiger partial charge in [-0.1, -0.05) is 18.2 Å². The number of carbonyl (C=O) groups is 1. The highest BCUT2D eigenvalue weighted by atomic mass is 79.9. The number of anilines is 2. The van der Waals surface area contributed by atoms with Gasteiger partial charge >= 0.3 is 0 Å². The zero-order valence-corrected chi connectivity index (χ0v) is 11.6. The Balaban J connectivity index is 2.10. The fourth-order valence-corrected chi connectivity index (χ4v) is 1.99. The number of carbonyl (C=O) groups excluding carboxylic acids is 1. The third-order valence-corrected chi connectivity index (χ3v) is 3.26. The lowest BCUT2D eigenvalue weighted by Crippen LogP contribution is -2.15. The van der Waals surface area contributed by atoms with Crippen molar-refractivity contribution in [3.63, 3.8) is 0 Å². The van der Waals surface area contributed by atoms with Gasteiger partial charge in [0.25, 0.3) is 0 Å². The molecule has 0 atom stereocenters. The Morgan fingerprint density at radius 3 is 2.74 bits per heavy atom. The first-order chi connectivity index (χ1) is 9.06. The highest BCUT2D eigenvalue weighted by Gasteiger charge is 2.09. The van der Waals surface area contributed by atoms with Gasteiger partial charge < -0.3 is 11.1 Å². The van der Waals surface area contributed by atoms with E-state index < -0.39 is 0 Å². The van der Waals surface area contributed by atoms with Crippen molar-refractivity contribution >= 4 is 33.2 Å². The molecule has 98 valence electrons. The average Bonchev–Trinajstić information content (AvgIpc) is 2.37. The Morgan fingerprint density at radius 2 is 2.00 bits per heavy atom. The van der Waals surface area contributed by atoms with E-state index in [2.05, 4.69) is 21.2 Å². The maximum absolute atomic E-state index is 13.4. The van der Waals surface area contributed by atoms with Crippen LogP contribution in [-0.4, -0.2) is 5.91 Å². The lowest BCUT2D eigenvalue weighted by atomic mass is 10.1. The van der Waals surface area contributed by atoms with Gasteiger partial charge in [0.05, 0.1) is 12.1 Å². The fraction of sp³-hybridized carbons (Fsp3) is 0.0714. The predicted molar refractivity (Wildman–Crippen MR) is 77.3 cm³/mol.